The summed E-state index contributed by atoms with van der Waals surface area (Å²) in [5, 5.41) is 0. The fourth-order valence-electron chi connectivity index (χ4n) is 1.37. The Morgan fingerprint density at radius 2 is 1.23 bits per heavy atom. The molecule has 0 saturated heterocycles. The molecule has 0 saturated carbocycles. The summed E-state index contributed by atoms with van der Waals surface area (Å²) >= 11 is 0. The van der Waals surface area contributed by atoms with Crippen molar-refractivity contribution in [1.82, 2.24) is 0 Å². The van der Waals surface area contributed by atoms with Gasteiger partial charge in [-0.25, -0.2) is 0 Å². The first-order valence-electron chi connectivity index (χ1n) is 5.36. The van der Waals surface area contributed by atoms with Crippen molar-refractivity contribution in [3.8, 4) is 0 Å². The highest BCUT2D eigenvalue weighted by molar-refractivity contribution is 7.73. The van der Waals surface area contributed by atoms with E-state index in [0.29, 0.717) is 0 Å². The summed E-state index contributed by atoms with van der Waals surface area (Å²) in [5.41, 5.74) is 0. The van der Waals surface area contributed by atoms with Crippen molar-refractivity contribution in [3.05, 3.63) is 0 Å². The first-order chi connectivity index (χ1) is 5.56. The van der Waals surface area contributed by atoms with Crippen molar-refractivity contribution in [2.45, 2.75) is 45.4 Å². The van der Waals surface area contributed by atoms with Gasteiger partial charge in [0, 0.05) is 27.3 Å². The van der Waals surface area contributed by atoms with Crippen molar-refractivity contribution in [3.63, 3.8) is 0 Å². The minimum atomic E-state index is -0.471. The molecule has 0 aliphatic heterocycles. The van der Waals surface area contributed by atoms with Crippen LogP contribution in [0.2, 0.25) is 0 Å². The van der Waals surface area contributed by atoms with Crippen molar-refractivity contribution in [2.24, 2.45) is 0 Å². The summed E-state index contributed by atoms with van der Waals surface area (Å²) < 4.78 is 0. The molecule has 0 aromatic rings. The lowest BCUT2D eigenvalue weighted by atomic mass is 10.1. The van der Waals surface area contributed by atoms with Gasteiger partial charge in [0.15, 0.2) is 0 Å². The van der Waals surface area contributed by atoms with E-state index in [1.807, 2.05) is 0 Å². The second-order valence-corrected chi connectivity index (χ2v) is 9.81. The summed E-state index contributed by atoms with van der Waals surface area (Å²) in [6.07, 6.45) is 10.2. The van der Waals surface area contributed by atoms with E-state index >= 15 is 0 Å². The number of unbranched alkanes of at least 4 members (excludes halogenated alkanes) is 5. The molecule has 0 unspecified atom stereocenters. The van der Waals surface area contributed by atoms with Gasteiger partial charge in [0.1, 0.15) is 0 Å². The van der Waals surface area contributed by atoms with Gasteiger partial charge in [-0.15, -0.1) is 0 Å². The van der Waals surface area contributed by atoms with Crippen LogP contribution >= 0.6 is 7.26 Å². The van der Waals surface area contributed by atoms with Gasteiger partial charge < -0.3 is 17.0 Å². The van der Waals surface area contributed by atoms with Crippen LogP contribution in [0.5, 0.6) is 0 Å². The normalized spacial score (nSPS) is 11.1. The Hall–Kier alpha value is 0.910. The molecule has 82 valence electrons. The van der Waals surface area contributed by atoms with Crippen LogP contribution < -0.4 is 17.0 Å². The molecule has 0 radical (unpaired) electrons. The molecule has 2 heteroatoms. The maximum absolute atomic E-state index is 2.44. The minimum Gasteiger partial charge on any atom is -1.00 e. The molecular formula is C11H26BrP. The Morgan fingerprint density at radius 3 is 1.69 bits per heavy atom. The second kappa shape index (κ2) is 9.46. The van der Waals surface area contributed by atoms with E-state index in [4.69, 9.17) is 0 Å². The molecule has 0 amide bonds. The summed E-state index contributed by atoms with van der Waals surface area (Å²) in [5.74, 6) is 0. The summed E-state index contributed by atoms with van der Waals surface area (Å²) in [4.78, 5) is 0. The highest BCUT2D eigenvalue weighted by Gasteiger charge is 2.15. The molecule has 0 N–H and O–H groups in total. The molecule has 0 atom stereocenters. The Bertz CT molecular complexity index is 96.8. The van der Waals surface area contributed by atoms with E-state index in [1.165, 1.54) is 44.7 Å². The van der Waals surface area contributed by atoms with Crippen LogP contribution in [0.3, 0.4) is 0 Å². The number of rotatable bonds is 7. The van der Waals surface area contributed by atoms with Gasteiger partial charge in [-0.3, -0.25) is 0 Å². The lowest BCUT2D eigenvalue weighted by Gasteiger charge is -2.10. The Morgan fingerprint density at radius 1 is 0.769 bits per heavy atom. The molecule has 0 fully saturated rings. The average Bonchev–Trinajstić information content (AvgIpc) is 1.94. The third-order valence-corrected chi connectivity index (χ3v) is 3.84. The SMILES string of the molecule is CCCCCCCC[P+](C)(C)C.[Br-]. The molecule has 0 aromatic carbocycles. The quantitative estimate of drug-likeness (QED) is 0.482. The molecule has 13 heavy (non-hydrogen) atoms. The Labute approximate surface area is 96.0 Å². The van der Waals surface area contributed by atoms with Crippen LogP contribution in [0.4, 0.5) is 0 Å². The van der Waals surface area contributed by atoms with Gasteiger partial charge in [0.25, 0.3) is 0 Å². The van der Waals surface area contributed by atoms with Gasteiger partial charge in [0.2, 0.25) is 0 Å². The van der Waals surface area contributed by atoms with Gasteiger partial charge in [-0.05, 0) is 12.8 Å². The Balaban J connectivity index is 0. The summed E-state index contributed by atoms with van der Waals surface area (Å²) in [7, 11) is -0.471. The molecule has 0 heterocycles. The fraction of sp³-hybridized carbons (Fsp3) is 1.00. The van der Waals surface area contributed by atoms with Crippen LogP contribution in [-0.2, 0) is 0 Å². The lowest BCUT2D eigenvalue weighted by Crippen LogP contribution is -3.00. The third kappa shape index (κ3) is 15.6. The van der Waals surface area contributed by atoms with Crippen molar-refractivity contribution in [2.75, 3.05) is 26.2 Å². The van der Waals surface area contributed by atoms with Gasteiger partial charge in [-0.2, -0.15) is 0 Å². The average molecular weight is 269 g/mol. The van der Waals surface area contributed by atoms with Crippen LogP contribution in [0, 0.1) is 0 Å². The molecular weight excluding hydrogens is 243 g/mol. The summed E-state index contributed by atoms with van der Waals surface area (Å²) in [6.45, 7) is 9.61. The zero-order chi connectivity index (χ0) is 9.45. The van der Waals surface area contributed by atoms with Crippen LogP contribution in [-0.4, -0.2) is 26.2 Å². The zero-order valence-electron chi connectivity index (χ0n) is 9.77. The minimum absolute atomic E-state index is 0. The molecule has 0 nitrogen and oxygen atoms in total. The van der Waals surface area contributed by atoms with Crippen molar-refractivity contribution in [1.29, 1.82) is 0 Å². The van der Waals surface area contributed by atoms with E-state index in [-0.39, 0.29) is 17.0 Å². The standard InChI is InChI=1S/C11H26P.BrH/c1-5-6-7-8-9-10-11-12(2,3)4;/h5-11H2,1-4H3;1H/q+1;/p-1. The fourth-order valence-corrected chi connectivity index (χ4v) is 2.54. The van der Waals surface area contributed by atoms with Gasteiger partial charge >= 0.3 is 0 Å². The number of hydrogen-bond donors (Lipinski definition) is 0. The number of halogens is 1. The third-order valence-electron chi connectivity index (χ3n) is 2.18. The van der Waals surface area contributed by atoms with E-state index in [9.17, 15) is 0 Å². The van der Waals surface area contributed by atoms with E-state index < -0.39 is 7.26 Å². The van der Waals surface area contributed by atoms with Crippen LogP contribution in [0.15, 0.2) is 0 Å². The van der Waals surface area contributed by atoms with E-state index in [2.05, 4.69) is 26.9 Å². The molecule has 0 rings (SSSR count). The highest BCUT2D eigenvalue weighted by Crippen LogP contribution is 2.47. The molecule has 0 spiro atoms. The molecule has 0 aliphatic carbocycles. The maximum atomic E-state index is 2.44. The molecule has 0 aliphatic rings. The number of hydrogen-bond acceptors (Lipinski definition) is 0. The van der Waals surface area contributed by atoms with E-state index in [0.717, 1.165) is 0 Å². The predicted octanol–water partition coefficient (Wildman–Crippen LogP) is 1.26. The second-order valence-electron chi connectivity index (χ2n) is 4.78. The smallest absolute Gasteiger partial charge is 0.0586 e. The first kappa shape index (κ1) is 16.3. The Kier molecular flexibility index (Phi) is 11.9. The molecule has 0 aromatic heterocycles. The van der Waals surface area contributed by atoms with Crippen molar-refractivity contribution < 1.29 is 17.0 Å². The highest BCUT2D eigenvalue weighted by atomic mass is 79.9. The largest absolute Gasteiger partial charge is 1.00 e. The van der Waals surface area contributed by atoms with Gasteiger partial charge in [-0.1, -0.05) is 32.6 Å². The van der Waals surface area contributed by atoms with Crippen molar-refractivity contribution >= 4 is 7.26 Å². The predicted molar refractivity (Wildman–Crippen MR) is 62.9 cm³/mol. The molecule has 0 bridgehead atoms. The first-order valence-corrected chi connectivity index (χ1v) is 8.68. The van der Waals surface area contributed by atoms with Crippen LogP contribution in [0.25, 0.3) is 0 Å². The topological polar surface area (TPSA) is 0 Å². The lowest BCUT2D eigenvalue weighted by molar-refractivity contribution is -0.00000301. The zero-order valence-corrected chi connectivity index (χ0v) is 12.3. The summed E-state index contributed by atoms with van der Waals surface area (Å²) in [6, 6.07) is 0. The van der Waals surface area contributed by atoms with E-state index in [1.54, 1.807) is 0 Å². The van der Waals surface area contributed by atoms with Gasteiger partial charge in [0.05, 0.1) is 6.16 Å². The van der Waals surface area contributed by atoms with Crippen LogP contribution in [0.1, 0.15) is 45.4 Å². The monoisotopic (exact) mass is 268 g/mol. The maximum Gasteiger partial charge on any atom is 0.0586 e.